The molecule has 1 fully saturated rings. The number of rotatable bonds is 5. The van der Waals surface area contributed by atoms with Crippen molar-refractivity contribution in [3.63, 3.8) is 0 Å². The van der Waals surface area contributed by atoms with Gasteiger partial charge in [0.1, 0.15) is 0 Å². The molecule has 1 amide bonds. The lowest BCUT2D eigenvalue weighted by Crippen LogP contribution is -2.45. The third-order valence-electron chi connectivity index (χ3n) is 4.29. The largest absolute Gasteiger partial charge is 0.346 e. The quantitative estimate of drug-likeness (QED) is 0.649. The summed E-state index contributed by atoms with van der Waals surface area (Å²) in [7, 11) is 0. The molecular formula is C19H26N2O2. The summed E-state index contributed by atoms with van der Waals surface area (Å²) in [6.45, 7) is 7.75. The molecule has 0 bridgehead atoms. The van der Waals surface area contributed by atoms with E-state index in [1.54, 1.807) is 6.08 Å². The topological polar surface area (TPSA) is 58.2 Å². The predicted molar refractivity (Wildman–Crippen MR) is 93.2 cm³/mol. The number of Topliss-reactive ketones (excluding diaryl/α,β-unsaturated/α-hetero) is 1. The van der Waals surface area contributed by atoms with Gasteiger partial charge >= 0.3 is 0 Å². The minimum absolute atomic E-state index is 0.0890. The highest BCUT2D eigenvalue weighted by atomic mass is 16.2. The van der Waals surface area contributed by atoms with E-state index in [9.17, 15) is 9.59 Å². The van der Waals surface area contributed by atoms with Gasteiger partial charge in [0.2, 0.25) is 5.78 Å². The van der Waals surface area contributed by atoms with E-state index in [2.05, 4.69) is 24.5 Å². The van der Waals surface area contributed by atoms with Crippen LogP contribution < -0.4 is 10.6 Å². The summed E-state index contributed by atoms with van der Waals surface area (Å²) >= 11 is 0. The highest BCUT2D eigenvalue weighted by Crippen LogP contribution is 2.26. The van der Waals surface area contributed by atoms with Crippen molar-refractivity contribution in [2.75, 3.05) is 13.1 Å². The molecule has 0 saturated carbocycles. The van der Waals surface area contributed by atoms with E-state index in [-0.39, 0.29) is 6.04 Å². The van der Waals surface area contributed by atoms with Crippen LogP contribution in [0.25, 0.3) is 5.57 Å². The number of benzene rings is 1. The van der Waals surface area contributed by atoms with Gasteiger partial charge in [0.05, 0.1) is 0 Å². The molecule has 2 rings (SSSR count). The zero-order chi connectivity index (χ0) is 16.8. The van der Waals surface area contributed by atoms with Gasteiger partial charge in [0.25, 0.3) is 5.91 Å². The van der Waals surface area contributed by atoms with Crippen molar-refractivity contribution in [3.8, 4) is 0 Å². The number of nitrogens with one attached hydrogen (secondary N) is 2. The zero-order valence-corrected chi connectivity index (χ0v) is 14.2. The average Bonchev–Trinajstić information content (AvgIpc) is 2.56. The third-order valence-corrected chi connectivity index (χ3v) is 4.29. The van der Waals surface area contributed by atoms with Gasteiger partial charge in [-0.2, -0.15) is 0 Å². The Labute approximate surface area is 138 Å². The summed E-state index contributed by atoms with van der Waals surface area (Å²) in [4.78, 5) is 25.0. The van der Waals surface area contributed by atoms with E-state index in [0.717, 1.165) is 37.1 Å². The second-order valence-corrected chi connectivity index (χ2v) is 6.27. The lowest BCUT2D eigenvalue weighted by molar-refractivity contribution is -0.135. The number of hydrogen-bond donors (Lipinski definition) is 2. The van der Waals surface area contributed by atoms with Crippen molar-refractivity contribution < 1.29 is 9.59 Å². The summed E-state index contributed by atoms with van der Waals surface area (Å²) in [6.07, 6.45) is 3.48. The normalized spacial score (nSPS) is 16.4. The smallest absolute Gasteiger partial charge is 0.292 e. The fraction of sp³-hybridized carbons (Fsp3) is 0.474. The number of carbonyl (C=O) groups excluding carboxylic acids is 2. The van der Waals surface area contributed by atoms with Gasteiger partial charge in [-0.25, -0.2) is 0 Å². The Balaban J connectivity index is 2.17. The Bertz CT molecular complexity index is 599. The molecule has 1 aromatic carbocycles. The van der Waals surface area contributed by atoms with Crippen molar-refractivity contribution in [1.29, 1.82) is 0 Å². The number of amides is 1. The monoisotopic (exact) mass is 314 g/mol. The average molecular weight is 314 g/mol. The molecule has 0 aromatic heterocycles. The maximum Gasteiger partial charge on any atom is 0.292 e. The second kappa shape index (κ2) is 8.06. The van der Waals surface area contributed by atoms with Crippen LogP contribution in [-0.2, 0) is 9.59 Å². The molecule has 1 saturated heterocycles. The molecule has 0 atom stereocenters. The van der Waals surface area contributed by atoms with Crippen molar-refractivity contribution in [2.24, 2.45) is 0 Å². The van der Waals surface area contributed by atoms with Crippen LogP contribution in [0.3, 0.4) is 0 Å². The molecule has 1 heterocycles. The third kappa shape index (κ3) is 4.29. The Morgan fingerprint density at radius 2 is 1.87 bits per heavy atom. The summed E-state index contributed by atoms with van der Waals surface area (Å²) in [5.41, 5.74) is 2.43. The highest BCUT2D eigenvalue weighted by Gasteiger charge is 2.25. The maximum atomic E-state index is 12.6. The van der Waals surface area contributed by atoms with Crippen LogP contribution in [0, 0.1) is 0 Å². The first kappa shape index (κ1) is 17.4. The number of piperidine rings is 1. The van der Waals surface area contributed by atoms with Crippen molar-refractivity contribution in [2.45, 2.75) is 45.6 Å². The summed E-state index contributed by atoms with van der Waals surface area (Å²) in [6, 6.07) is 7.89. The van der Waals surface area contributed by atoms with E-state index in [1.165, 1.54) is 0 Å². The molecule has 1 aromatic rings. The van der Waals surface area contributed by atoms with Gasteiger partial charge in [-0.05, 0) is 49.9 Å². The summed E-state index contributed by atoms with van der Waals surface area (Å²) < 4.78 is 0. The Hall–Kier alpha value is -1.94. The molecule has 0 spiro atoms. The Morgan fingerprint density at radius 3 is 2.48 bits per heavy atom. The van der Waals surface area contributed by atoms with Gasteiger partial charge in [-0.15, -0.1) is 0 Å². The molecular weight excluding hydrogens is 288 g/mol. The fourth-order valence-electron chi connectivity index (χ4n) is 2.99. The van der Waals surface area contributed by atoms with Gasteiger partial charge in [-0.1, -0.05) is 44.2 Å². The van der Waals surface area contributed by atoms with Crippen LogP contribution in [0.5, 0.6) is 0 Å². The van der Waals surface area contributed by atoms with Gasteiger partial charge in [-0.3, -0.25) is 9.59 Å². The molecule has 0 unspecified atom stereocenters. The van der Waals surface area contributed by atoms with Crippen LogP contribution in [0.2, 0.25) is 0 Å². The van der Waals surface area contributed by atoms with Gasteiger partial charge in [0.15, 0.2) is 0 Å². The maximum absolute atomic E-state index is 12.6. The van der Waals surface area contributed by atoms with Crippen molar-refractivity contribution in [3.05, 3.63) is 41.5 Å². The minimum atomic E-state index is -0.497. The number of hydrogen-bond acceptors (Lipinski definition) is 3. The van der Waals surface area contributed by atoms with Crippen LogP contribution in [0.4, 0.5) is 0 Å². The van der Waals surface area contributed by atoms with Gasteiger partial charge in [0, 0.05) is 11.6 Å². The summed E-state index contributed by atoms with van der Waals surface area (Å²) in [5, 5.41) is 6.13. The Morgan fingerprint density at radius 1 is 1.22 bits per heavy atom. The first-order valence-electron chi connectivity index (χ1n) is 8.36. The second-order valence-electron chi connectivity index (χ2n) is 6.27. The van der Waals surface area contributed by atoms with E-state index < -0.39 is 11.7 Å². The number of ketones is 1. The molecule has 2 N–H and O–H groups in total. The highest BCUT2D eigenvalue weighted by molar-refractivity contribution is 6.53. The summed E-state index contributed by atoms with van der Waals surface area (Å²) in [5.74, 6) is -0.649. The molecule has 4 heteroatoms. The minimum Gasteiger partial charge on any atom is -0.346 e. The first-order chi connectivity index (χ1) is 11.0. The molecule has 124 valence electrons. The standard InChI is InChI=1S/C19H26N2O2/c1-4-15(17-8-6-5-7-16(17)13(2)3)18(22)19(23)21-14-9-11-20-12-10-14/h4-8,13-14,20H,9-12H2,1-3H3,(H,21,23)/b15-4+. The van der Waals surface area contributed by atoms with Crippen molar-refractivity contribution in [1.82, 2.24) is 10.6 Å². The molecule has 0 radical (unpaired) electrons. The van der Waals surface area contributed by atoms with E-state index in [1.807, 2.05) is 31.2 Å². The predicted octanol–water partition coefficient (Wildman–Crippen LogP) is 2.65. The van der Waals surface area contributed by atoms with Crippen LogP contribution >= 0.6 is 0 Å². The molecule has 0 aliphatic carbocycles. The van der Waals surface area contributed by atoms with Crippen LogP contribution in [-0.4, -0.2) is 30.8 Å². The number of allylic oxidation sites excluding steroid dienone is 1. The van der Waals surface area contributed by atoms with Crippen LogP contribution in [0.15, 0.2) is 30.3 Å². The SMILES string of the molecule is C/C=C(/C(=O)C(=O)NC1CCNCC1)c1ccccc1C(C)C. The molecule has 1 aliphatic rings. The number of carbonyl (C=O) groups is 2. The lowest BCUT2D eigenvalue weighted by atomic mass is 9.90. The first-order valence-corrected chi connectivity index (χ1v) is 8.36. The molecule has 1 aliphatic heterocycles. The van der Waals surface area contributed by atoms with E-state index >= 15 is 0 Å². The van der Waals surface area contributed by atoms with E-state index in [4.69, 9.17) is 0 Å². The molecule has 4 nitrogen and oxygen atoms in total. The van der Waals surface area contributed by atoms with Crippen molar-refractivity contribution >= 4 is 17.3 Å². The van der Waals surface area contributed by atoms with E-state index in [0.29, 0.717) is 11.5 Å². The van der Waals surface area contributed by atoms with Crippen LogP contribution in [0.1, 0.15) is 50.7 Å². The zero-order valence-electron chi connectivity index (χ0n) is 14.2. The molecule has 23 heavy (non-hydrogen) atoms. The van der Waals surface area contributed by atoms with Gasteiger partial charge < -0.3 is 10.6 Å². The fourth-order valence-corrected chi connectivity index (χ4v) is 2.99. The Kier molecular flexibility index (Phi) is 6.11. The lowest BCUT2D eigenvalue weighted by Gasteiger charge is -2.23.